The number of halogens is 3. The van der Waals surface area contributed by atoms with Gasteiger partial charge >= 0.3 is 6.18 Å². The van der Waals surface area contributed by atoms with Crippen LogP contribution in [0.5, 0.6) is 0 Å². The Morgan fingerprint density at radius 3 is 2.56 bits per heavy atom. The van der Waals surface area contributed by atoms with E-state index < -0.39 is 11.4 Å². The van der Waals surface area contributed by atoms with E-state index in [4.69, 9.17) is 5.73 Å². The molecule has 90 valence electrons. The van der Waals surface area contributed by atoms with Gasteiger partial charge in [-0.3, -0.25) is 0 Å². The van der Waals surface area contributed by atoms with E-state index in [1.54, 1.807) is 0 Å². The number of alkyl halides is 3. The minimum absolute atomic E-state index is 0.336. The summed E-state index contributed by atoms with van der Waals surface area (Å²) in [4.78, 5) is 0. The molecule has 0 heterocycles. The molecular formula is C11H14F3NS. The maximum Gasteiger partial charge on any atom is 0.401 e. The van der Waals surface area contributed by atoms with Crippen LogP contribution in [0.2, 0.25) is 0 Å². The molecule has 0 bridgehead atoms. The second kappa shape index (κ2) is 5.59. The average molecular weight is 249 g/mol. The molecule has 1 aromatic rings. The van der Waals surface area contributed by atoms with Crippen LogP contribution < -0.4 is 5.73 Å². The summed E-state index contributed by atoms with van der Waals surface area (Å²) in [6, 6.07) is 7.47. The summed E-state index contributed by atoms with van der Waals surface area (Å²) in [5.74, 6) is 0.336. The SMILES string of the molecule is Cc1cccc(CSC(CN)C(F)(F)F)c1. The molecule has 0 aliphatic rings. The lowest BCUT2D eigenvalue weighted by Gasteiger charge is -2.17. The second-order valence-corrected chi connectivity index (χ2v) is 4.76. The lowest BCUT2D eigenvalue weighted by Crippen LogP contribution is -2.33. The van der Waals surface area contributed by atoms with Gasteiger partial charge in [-0.2, -0.15) is 13.2 Å². The fourth-order valence-corrected chi connectivity index (χ4v) is 2.19. The Hall–Kier alpha value is -0.680. The third kappa shape index (κ3) is 4.06. The molecule has 1 unspecified atom stereocenters. The lowest BCUT2D eigenvalue weighted by atomic mass is 10.2. The summed E-state index contributed by atoms with van der Waals surface area (Å²) in [6.45, 7) is 1.54. The van der Waals surface area contributed by atoms with Crippen LogP contribution in [0.4, 0.5) is 13.2 Å². The molecule has 0 aliphatic carbocycles. The van der Waals surface area contributed by atoms with Gasteiger partial charge in [-0.15, -0.1) is 11.8 Å². The highest BCUT2D eigenvalue weighted by atomic mass is 32.2. The zero-order valence-corrected chi connectivity index (χ0v) is 9.74. The van der Waals surface area contributed by atoms with Gasteiger partial charge in [0.05, 0.1) is 0 Å². The van der Waals surface area contributed by atoms with Crippen molar-refractivity contribution in [2.24, 2.45) is 5.73 Å². The van der Waals surface area contributed by atoms with Crippen LogP contribution in [0, 0.1) is 6.92 Å². The summed E-state index contributed by atoms with van der Waals surface area (Å²) >= 11 is 0.840. The van der Waals surface area contributed by atoms with Crippen molar-refractivity contribution in [3.8, 4) is 0 Å². The second-order valence-electron chi connectivity index (χ2n) is 3.57. The number of thioether (sulfide) groups is 1. The Labute approximate surface area is 97.2 Å². The Bertz CT molecular complexity index is 338. The highest BCUT2D eigenvalue weighted by molar-refractivity contribution is 7.99. The summed E-state index contributed by atoms with van der Waals surface area (Å²) in [5.41, 5.74) is 7.06. The number of rotatable bonds is 4. The predicted molar refractivity (Wildman–Crippen MR) is 61.4 cm³/mol. The minimum atomic E-state index is -4.22. The summed E-state index contributed by atoms with van der Waals surface area (Å²) in [5, 5.41) is -1.48. The number of hydrogen-bond acceptors (Lipinski definition) is 2. The zero-order chi connectivity index (χ0) is 12.2. The van der Waals surface area contributed by atoms with Gasteiger partial charge in [0, 0.05) is 12.3 Å². The number of benzene rings is 1. The Kier molecular flexibility index (Phi) is 4.68. The van der Waals surface area contributed by atoms with E-state index in [9.17, 15) is 13.2 Å². The summed E-state index contributed by atoms with van der Waals surface area (Å²) < 4.78 is 37.2. The highest BCUT2D eigenvalue weighted by Crippen LogP contribution is 2.31. The van der Waals surface area contributed by atoms with Crippen LogP contribution in [-0.2, 0) is 5.75 Å². The molecule has 1 nitrogen and oxygen atoms in total. The molecule has 0 saturated carbocycles. The molecule has 0 radical (unpaired) electrons. The van der Waals surface area contributed by atoms with E-state index in [0.717, 1.165) is 22.9 Å². The molecule has 1 atom stereocenters. The number of aryl methyl sites for hydroxylation is 1. The first-order chi connectivity index (χ1) is 7.43. The fourth-order valence-electron chi connectivity index (χ4n) is 1.29. The van der Waals surface area contributed by atoms with Gasteiger partial charge in [0.15, 0.2) is 0 Å². The smallest absolute Gasteiger partial charge is 0.329 e. The van der Waals surface area contributed by atoms with E-state index >= 15 is 0 Å². The van der Waals surface area contributed by atoms with Crippen LogP contribution in [0.25, 0.3) is 0 Å². The molecule has 0 aromatic heterocycles. The minimum Gasteiger partial charge on any atom is -0.329 e. The molecule has 0 amide bonds. The molecule has 5 heteroatoms. The monoisotopic (exact) mass is 249 g/mol. The number of nitrogens with two attached hydrogens (primary N) is 1. The normalized spacial score (nSPS) is 13.8. The molecule has 2 N–H and O–H groups in total. The van der Waals surface area contributed by atoms with Crippen LogP contribution in [0.15, 0.2) is 24.3 Å². The topological polar surface area (TPSA) is 26.0 Å². The quantitative estimate of drug-likeness (QED) is 0.887. The van der Waals surface area contributed by atoms with Crippen molar-refractivity contribution in [1.29, 1.82) is 0 Å². The van der Waals surface area contributed by atoms with E-state index in [2.05, 4.69) is 0 Å². The molecule has 16 heavy (non-hydrogen) atoms. The van der Waals surface area contributed by atoms with Crippen LogP contribution in [0.1, 0.15) is 11.1 Å². The van der Waals surface area contributed by atoms with Crippen LogP contribution in [0.3, 0.4) is 0 Å². The van der Waals surface area contributed by atoms with E-state index in [1.165, 1.54) is 0 Å². The first-order valence-electron chi connectivity index (χ1n) is 4.87. The largest absolute Gasteiger partial charge is 0.401 e. The maximum absolute atomic E-state index is 12.4. The van der Waals surface area contributed by atoms with Crippen molar-refractivity contribution in [1.82, 2.24) is 0 Å². The Morgan fingerprint density at radius 1 is 1.38 bits per heavy atom. The van der Waals surface area contributed by atoms with Gasteiger partial charge in [0.2, 0.25) is 0 Å². The predicted octanol–water partition coefficient (Wildman–Crippen LogP) is 3.12. The van der Waals surface area contributed by atoms with E-state index in [-0.39, 0.29) is 6.54 Å². The van der Waals surface area contributed by atoms with Crippen LogP contribution in [-0.4, -0.2) is 18.0 Å². The Morgan fingerprint density at radius 2 is 2.06 bits per heavy atom. The molecule has 0 spiro atoms. The van der Waals surface area contributed by atoms with Crippen molar-refractivity contribution in [2.75, 3.05) is 6.54 Å². The fraction of sp³-hybridized carbons (Fsp3) is 0.455. The molecular weight excluding hydrogens is 235 g/mol. The molecule has 1 rings (SSSR count). The maximum atomic E-state index is 12.4. The van der Waals surface area contributed by atoms with Crippen LogP contribution >= 0.6 is 11.8 Å². The van der Waals surface area contributed by atoms with Crippen molar-refractivity contribution in [2.45, 2.75) is 24.1 Å². The first-order valence-corrected chi connectivity index (χ1v) is 5.92. The van der Waals surface area contributed by atoms with Gasteiger partial charge in [-0.05, 0) is 12.5 Å². The summed E-state index contributed by atoms with van der Waals surface area (Å²) in [6.07, 6.45) is -4.22. The molecule has 0 saturated heterocycles. The summed E-state index contributed by atoms with van der Waals surface area (Å²) in [7, 11) is 0. The van der Waals surface area contributed by atoms with Crippen molar-refractivity contribution >= 4 is 11.8 Å². The average Bonchev–Trinajstić information content (AvgIpc) is 2.16. The third-order valence-corrected chi connectivity index (χ3v) is 3.47. The van der Waals surface area contributed by atoms with Gasteiger partial charge in [-0.1, -0.05) is 29.8 Å². The van der Waals surface area contributed by atoms with E-state index in [1.807, 2.05) is 31.2 Å². The third-order valence-electron chi connectivity index (χ3n) is 2.11. The van der Waals surface area contributed by atoms with Crippen molar-refractivity contribution < 1.29 is 13.2 Å². The lowest BCUT2D eigenvalue weighted by molar-refractivity contribution is -0.126. The van der Waals surface area contributed by atoms with Gasteiger partial charge in [0.25, 0.3) is 0 Å². The molecule has 0 aliphatic heterocycles. The van der Waals surface area contributed by atoms with Gasteiger partial charge < -0.3 is 5.73 Å². The molecule has 1 aromatic carbocycles. The van der Waals surface area contributed by atoms with Gasteiger partial charge in [-0.25, -0.2) is 0 Å². The highest BCUT2D eigenvalue weighted by Gasteiger charge is 2.38. The van der Waals surface area contributed by atoms with E-state index in [0.29, 0.717) is 5.75 Å². The van der Waals surface area contributed by atoms with Crippen molar-refractivity contribution in [3.63, 3.8) is 0 Å². The number of hydrogen-bond donors (Lipinski definition) is 1. The molecule has 0 fully saturated rings. The van der Waals surface area contributed by atoms with Crippen molar-refractivity contribution in [3.05, 3.63) is 35.4 Å². The first kappa shape index (κ1) is 13.4. The van der Waals surface area contributed by atoms with Gasteiger partial charge in [0.1, 0.15) is 5.25 Å². The zero-order valence-electron chi connectivity index (χ0n) is 8.92. The standard InChI is InChI=1S/C11H14F3NS/c1-8-3-2-4-9(5-8)7-16-10(6-15)11(12,13)14/h2-5,10H,6-7,15H2,1H3. The Balaban J connectivity index is 2.56.